The molecule has 0 aliphatic heterocycles. The first-order valence-electron chi connectivity index (χ1n) is 19.6. The first-order valence-corrected chi connectivity index (χ1v) is 19.6. The predicted octanol–water partition coefficient (Wildman–Crippen LogP) is 14.4. The maximum atomic E-state index is 2.47. The lowest BCUT2D eigenvalue weighted by Gasteiger charge is -2.17. The Labute approximate surface area is 328 Å². The SMILES string of the molecule is c1ccc(-n2c3ccccc3c3c(-n4c5cccc(c5)c5cccc(c5)n(-c5cccc6ccccc56)c5ccc6ccc7ccc4cc7c6c5)cccc32)cc1. The summed E-state index contributed by atoms with van der Waals surface area (Å²) in [6.07, 6.45) is 0. The van der Waals surface area contributed by atoms with Gasteiger partial charge in [-0.15, -0.1) is 0 Å². The molecule has 0 radical (unpaired) electrons. The topological polar surface area (TPSA) is 14.8 Å². The highest BCUT2D eigenvalue weighted by Gasteiger charge is 2.17. The molecule has 0 atom stereocenters. The molecular weight excluding hydrogens is 691 g/mol. The third-order valence-electron chi connectivity index (χ3n) is 11.8. The zero-order valence-electron chi connectivity index (χ0n) is 31.0. The second-order valence-electron chi connectivity index (χ2n) is 15.0. The molecule has 0 fully saturated rings. The summed E-state index contributed by atoms with van der Waals surface area (Å²) in [7, 11) is 0. The van der Waals surface area contributed by atoms with Crippen LogP contribution in [-0.4, -0.2) is 13.7 Å². The van der Waals surface area contributed by atoms with Crippen LogP contribution in [0.4, 0.5) is 0 Å². The molecule has 0 saturated carbocycles. The van der Waals surface area contributed by atoms with Gasteiger partial charge in [0.15, 0.2) is 0 Å². The van der Waals surface area contributed by atoms with Crippen molar-refractivity contribution in [1.29, 1.82) is 0 Å². The van der Waals surface area contributed by atoms with Crippen molar-refractivity contribution in [3.63, 3.8) is 0 Å². The fourth-order valence-electron chi connectivity index (χ4n) is 9.25. The van der Waals surface area contributed by atoms with Crippen LogP contribution >= 0.6 is 0 Å². The molecule has 12 aromatic rings. The molecule has 2 aromatic heterocycles. The largest absolute Gasteiger partial charge is 0.310 e. The summed E-state index contributed by atoms with van der Waals surface area (Å²) < 4.78 is 7.30. The zero-order valence-corrected chi connectivity index (χ0v) is 31.0. The Morgan fingerprint density at radius 2 is 0.719 bits per heavy atom. The van der Waals surface area contributed by atoms with Crippen LogP contribution in [0.3, 0.4) is 0 Å². The van der Waals surface area contributed by atoms with Crippen molar-refractivity contribution < 1.29 is 0 Å². The lowest BCUT2D eigenvalue weighted by Crippen LogP contribution is -1.99. The average molecular weight is 726 g/mol. The van der Waals surface area contributed by atoms with Crippen molar-refractivity contribution >= 4 is 87.0 Å². The van der Waals surface area contributed by atoms with E-state index in [1.54, 1.807) is 0 Å². The van der Waals surface area contributed by atoms with Crippen LogP contribution in [0, 0.1) is 0 Å². The second kappa shape index (κ2) is 12.5. The molecule has 3 nitrogen and oxygen atoms in total. The summed E-state index contributed by atoms with van der Waals surface area (Å²) in [6, 6.07) is 78.1. The van der Waals surface area contributed by atoms with Crippen molar-refractivity contribution in [2.24, 2.45) is 0 Å². The summed E-state index contributed by atoms with van der Waals surface area (Å²) in [4.78, 5) is 0. The molecule has 2 heterocycles. The van der Waals surface area contributed by atoms with E-state index in [2.05, 4.69) is 226 Å². The highest BCUT2D eigenvalue weighted by molar-refractivity contribution is 6.14. The molecule has 0 spiro atoms. The molecule has 10 aromatic carbocycles. The van der Waals surface area contributed by atoms with Gasteiger partial charge in [-0.1, -0.05) is 127 Å². The minimum absolute atomic E-state index is 1.10. The van der Waals surface area contributed by atoms with E-state index in [-0.39, 0.29) is 0 Å². The number of para-hydroxylation sites is 2. The molecule has 0 aliphatic carbocycles. The van der Waals surface area contributed by atoms with Crippen molar-refractivity contribution in [2.45, 2.75) is 0 Å². The van der Waals surface area contributed by atoms with Crippen molar-refractivity contribution in [3.05, 3.63) is 212 Å². The van der Waals surface area contributed by atoms with Gasteiger partial charge in [0, 0.05) is 43.9 Å². The van der Waals surface area contributed by atoms with Crippen molar-refractivity contribution in [3.8, 4) is 17.1 Å². The highest BCUT2D eigenvalue weighted by atomic mass is 15.0. The van der Waals surface area contributed by atoms with Crippen LogP contribution in [0.1, 0.15) is 0 Å². The van der Waals surface area contributed by atoms with E-state index < -0.39 is 0 Å². The van der Waals surface area contributed by atoms with Gasteiger partial charge in [-0.25, -0.2) is 0 Å². The van der Waals surface area contributed by atoms with Gasteiger partial charge in [-0.2, -0.15) is 0 Å². The van der Waals surface area contributed by atoms with E-state index in [1.165, 1.54) is 54.1 Å². The van der Waals surface area contributed by atoms with E-state index in [1.807, 2.05) is 0 Å². The van der Waals surface area contributed by atoms with E-state index >= 15 is 0 Å². The number of rotatable bonds is 3. The van der Waals surface area contributed by atoms with Gasteiger partial charge in [0.2, 0.25) is 0 Å². The van der Waals surface area contributed by atoms with Crippen molar-refractivity contribution in [1.82, 2.24) is 13.7 Å². The van der Waals surface area contributed by atoms with E-state index in [9.17, 15) is 0 Å². The van der Waals surface area contributed by atoms with Gasteiger partial charge in [0.05, 0.1) is 22.4 Å². The number of hydrogen-bond acceptors (Lipinski definition) is 0. The number of hydrogen-bond donors (Lipinski definition) is 0. The lowest BCUT2D eigenvalue weighted by atomic mass is 10.0. The van der Waals surface area contributed by atoms with Crippen LogP contribution < -0.4 is 0 Å². The Morgan fingerprint density at radius 1 is 0.246 bits per heavy atom. The molecule has 12 rings (SSSR count). The fraction of sp³-hybridized carbons (Fsp3) is 0. The molecule has 0 unspecified atom stereocenters. The molecule has 0 amide bonds. The molecule has 8 bridgehead atoms. The quantitative estimate of drug-likeness (QED) is 0.161. The van der Waals surface area contributed by atoms with Crippen LogP contribution in [0.5, 0.6) is 0 Å². The van der Waals surface area contributed by atoms with Gasteiger partial charge in [-0.05, 0) is 123 Å². The monoisotopic (exact) mass is 725 g/mol. The number of fused-ring (bicyclic) bond motifs is 11. The van der Waals surface area contributed by atoms with E-state index in [0.29, 0.717) is 0 Å². The predicted molar refractivity (Wildman–Crippen MR) is 242 cm³/mol. The third kappa shape index (κ3) is 4.92. The molecule has 266 valence electrons. The Morgan fingerprint density at radius 3 is 1.44 bits per heavy atom. The molecule has 57 heavy (non-hydrogen) atoms. The minimum Gasteiger partial charge on any atom is -0.310 e. The first kappa shape index (κ1) is 31.7. The van der Waals surface area contributed by atoms with Crippen LogP contribution in [-0.2, 0) is 0 Å². The minimum atomic E-state index is 1.10. The summed E-state index contributed by atoms with van der Waals surface area (Å²) in [6.45, 7) is 0. The molecule has 3 heteroatoms. The van der Waals surface area contributed by atoms with Gasteiger partial charge in [0.25, 0.3) is 0 Å². The van der Waals surface area contributed by atoms with Crippen LogP contribution in [0.2, 0.25) is 0 Å². The van der Waals surface area contributed by atoms with Gasteiger partial charge in [0.1, 0.15) is 0 Å². The summed E-state index contributed by atoms with van der Waals surface area (Å²) in [5, 5.41) is 12.1. The Kier molecular flexibility index (Phi) is 6.93. The molecular formula is C54H35N3. The highest BCUT2D eigenvalue weighted by Crippen LogP contribution is 2.38. The molecule has 0 aliphatic rings. The van der Waals surface area contributed by atoms with E-state index in [4.69, 9.17) is 0 Å². The van der Waals surface area contributed by atoms with E-state index in [0.717, 1.165) is 49.9 Å². The fourth-order valence-corrected chi connectivity index (χ4v) is 9.25. The Balaban J connectivity index is 1.28. The van der Waals surface area contributed by atoms with Crippen LogP contribution in [0.15, 0.2) is 212 Å². The second-order valence-corrected chi connectivity index (χ2v) is 15.0. The zero-order chi connectivity index (χ0) is 37.5. The lowest BCUT2D eigenvalue weighted by molar-refractivity contribution is 1.16. The first-order chi connectivity index (χ1) is 28.3. The normalized spacial score (nSPS) is 11.9. The number of aromatic nitrogens is 3. The smallest absolute Gasteiger partial charge is 0.0562 e. The molecule has 0 N–H and O–H groups in total. The van der Waals surface area contributed by atoms with Crippen molar-refractivity contribution in [2.75, 3.05) is 0 Å². The maximum absolute atomic E-state index is 2.47. The summed E-state index contributed by atoms with van der Waals surface area (Å²) >= 11 is 0. The Bertz CT molecular complexity index is 3630. The third-order valence-corrected chi connectivity index (χ3v) is 11.8. The van der Waals surface area contributed by atoms with Gasteiger partial charge in [-0.3, -0.25) is 0 Å². The maximum Gasteiger partial charge on any atom is 0.0562 e. The number of benzene rings is 10. The molecule has 0 saturated heterocycles. The Hall–Kier alpha value is -7.62. The standard InChI is InChI=1S/C54H35N3/c1-2-16-41(17-3-1)57-51-22-7-6-21-47(51)54-52(24-11-25-53(54)57)56-43-19-9-15-40(33-43)39-14-8-18-42(32-39)55(50-23-10-13-36-12-4-5-20-46(36)50)44-30-28-37-26-27-38-29-31-45(56)35-49(38)48(37)34-44/h1-35H. The summed E-state index contributed by atoms with van der Waals surface area (Å²) in [5.41, 5.74) is 10.2. The average Bonchev–Trinajstić information content (AvgIpc) is 3.62. The number of nitrogens with zero attached hydrogens (tertiary/aromatic N) is 3. The van der Waals surface area contributed by atoms with Gasteiger partial charge >= 0.3 is 0 Å². The van der Waals surface area contributed by atoms with Gasteiger partial charge < -0.3 is 13.7 Å². The summed E-state index contributed by atoms with van der Waals surface area (Å²) in [5.74, 6) is 0. The van der Waals surface area contributed by atoms with Crippen LogP contribution in [0.25, 0.3) is 104 Å².